The average Bonchev–Trinajstić information content (AvgIpc) is 3.77. The third-order valence-corrected chi connectivity index (χ3v) is 7.71. The number of halogens is 2. The van der Waals surface area contributed by atoms with Gasteiger partial charge in [0.15, 0.2) is 5.82 Å². The smallest absolute Gasteiger partial charge is 0.157 e. The molecule has 1 aliphatic heterocycles. The molecule has 2 aliphatic rings. The van der Waals surface area contributed by atoms with Gasteiger partial charge in [-0.1, -0.05) is 61.0 Å². The van der Waals surface area contributed by atoms with Crippen molar-refractivity contribution in [1.82, 2.24) is 21.0 Å². The second-order valence-electron chi connectivity index (χ2n) is 10.2. The number of hydrazine groups is 2. The summed E-state index contributed by atoms with van der Waals surface area (Å²) < 4.78 is 26.4. The van der Waals surface area contributed by atoms with Gasteiger partial charge >= 0.3 is 0 Å². The summed E-state index contributed by atoms with van der Waals surface area (Å²) in [5.41, 5.74) is 8.86. The first kappa shape index (κ1) is 26.1. The first-order chi connectivity index (χ1) is 20.9. The maximum atomic E-state index is 16.8. The highest BCUT2D eigenvalue weighted by Crippen LogP contribution is 2.40. The number of nitrogens with one attached hydrogen (secondary N) is 4. The number of aromatic nitrogens is 1. The van der Waals surface area contributed by atoms with E-state index in [0.717, 1.165) is 18.4 Å². The van der Waals surface area contributed by atoms with E-state index in [0.29, 0.717) is 29.3 Å². The summed E-state index contributed by atoms with van der Waals surface area (Å²) >= 11 is 6.71. The van der Waals surface area contributed by atoms with E-state index in [-0.39, 0.29) is 38.9 Å². The van der Waals surface area contributed by atoms with E-state index in [1.807, 2.05) is 42.3 Å². The Morgan fingerprint density at radius 1 is 1.12 bits per heavy atom. The lowest BCUT2D eigenvalue weighted by Crippen LogP contribution is -2.38. The second kappa shape index (κ2) is 11.6. The summed E-state index contributed by atoms with van der Waals surface area (Å²) in [5, 5.41) is 28.1. The Hall–Kier alpha value is -4.83. The first-order valence-electron chi connectivity index (χ1n) is 14.2. The molecule has 1 fully saturated rings. The van der Waals surface area contributed by atoms with Crippen molar-refractivity contribution in [2.24, 2.45) is 0 Å². The van der Waals surface area contributed by atoms with Gasteiger partial charge in [-0.15, -0.1) is 5.53 Å². The van der Waals surface area contributed by atoms with Crippen LogP contribution in [0.2, 0.25) is 5.02 Å². The molecule has 6 rings (SSSR count). The van der Waals surface area contributed by atoms with Gasteiger partial charge in [-0.2, -0.15) is 10.5 Å². The molecule has 1 saturated carbocycles. The molecule has 0 unspecified atom stereocenters. The van der Waals surface area contributed by atoms with E-state index in [1.54, 1.807) is 30.5 Å². The summed E-state index contributed by atoms with van der Waals surface area (Å²) in [6, 6.07) is 20.3. The van der Waals surface area contributed by atoms with Crippen LogP contribution in [0, 0.1) is 28.5 Å². The molecule has 0 saturated heterocycles. The van der Waals surface area contributed by atoms with Crippen LogP contribution in [0.4, 0.5) is 15.8 Å². The van der Waals surface area contributed by atoms with Crippen molar-refractivity contribution in [2.45, 2.75) is 44.3 Å². The summed E-state index contributed by atoms with van der Waals surface area (Å²) in [5.74, 6) is -0.715. The molecule has 4 aromatic rings. The van der Waals surface area contributed by atoms with Gasteiger partial charge in [0.2, 0.25) is 0 Å². The van der Waals surface area contributed by atoms with Crippen LogP contribution in [0.3, 0.4) is 0 Å². The van der Waals surface area contributed by atoms with Crippen LogP contribution in [0.25, 0.3) is 10.9 Å². The number of hydrogen-bond acceptors (Lipinski definition) is 8. The van der Waals surface area contributed by atoms with Crippen LogP contribution in [-0.4, -0.2) is 16.0 Å². The summed E-state index contributed by atoms with van der Waals surface area (Å²) in [7, 11) is 0. The minimum Gasteiger partial charge on any atom is -0.376 e. The van der Waals surface area contributed by atoms with Gasteiger partial charge in [0, 0.05) is 18.4 Å². The second-order valence-corrected chi connectivity index (χ2v) is 10.6. The van der Waals surface area contributed by atoms with Gasteiger partial charge in [-0.3, -0.25) is 9.99 Å². The highest BCUT2D eigenvalue weighted by atomic mass is 35.5. The largest absolute Gasteiger partial charge is 0.376 e. The minimum atomic E-state index is -1.76. The number of nitrogens with zero attached hydrogens (tertiary/aromatic N) is 4. The standard InChI is InChI=1S/C32H28ClFN8/c1-2-25(20-8-4-3-5-9-20)38-31-22(16-36)17-37-32-24(33)14-26(29(34)28(31)32)39-30(21-10-6-7-19(13-21)15-35)27-18-42(41-40-27)23-11-12-23/h3-10,13-14,17-18,23,25,30,39-41H,2,11-12H2,1H3,(H,37,38)/t25-,30-/m1/s1/i30D. The zero-order chi connectivity index (χ0) is 30.1. The van der Waals surface area contributed by atoms with Gasteiger partial charge in [-0.25, -0.2) is 4.39 Å². The van der Waals surface area contributed by atoms with E-state index >= 15 is 4.39 Å². The Morgan fingerprint density at radius 3 is 2.62 bits per heavy atom. The molecule has 210 valence electrons. The molecule has 0 radical (unpaired) electrons. The molecule has 3 aromatic carbocycles. The molecule has 2 heterocycles. The van der Waals surface area contributed by atoms with Crippen LogP contribution in [0.1, 0.15) is 61.9 Å². The van der Waals surface area contributed by atoms with Gasteiger partial charge in [0.1, 0.15) is 6.07 Å². The molecule has 0 bridgehead atoms. The van der Waals surface area contributed by atoms with Crippen molar-refractivity contribution >= 4 is 33.9 Å². The van der Waals surface area contributed by atoms with Crippen LogP contribution < -0.4 is 21.6 Å². The third kappa shape index (κ3) is 5.28. The minimum absolute atomic E-state index is 0.0441. The van der Waals surface area contributed by atoms with Crippen molar-refractivity contribution in [3.05, 3.63) is 112 Å². The van der Waals surface area contributed by atoms with Crippen LogP contribution in [-0.2, 0) is 0 Å². The summed E-state index contributed by atoms with van der Waals surface area (Å²) in [4.78, 5) is 4.33. The van der Waals surface area contributed by atoms with Gasteiger partial charge in [0.25, 0.3) is 0 Å². The van der Waals surface area contributed by atoms with Gasteiger partial charge < -0.3 is 16.1 Å². The predicted molar refractivity (Wildman–Crippen MR) is 161 cm³/mol. The molecule has 10 heteroatoms. The van der Waals surface area contributed by atoms with Crippen molar-refractivity contribution in [3.8, 4) is 12.1 Å². The lowest BCUT2D eigenvalue weighted by Gasteiger charge is -2.24. The van der Waals surface area contributed by atoms with E-state index in [9.17, 15) is 11.9 Å². The predicted octanol–water partition coefficient (Wildman–Crippen LogP) is 6.82. The van der Waals surface area contributed by atoms with Crippen LogP contribution in [0.5, 0.6) is 0 Å². The Labute approximate surface area is 249 Å². The van der Waals surface area contributed by atoms with Crippen molar-refractivity contribution in [2.75, 3.05) is 10.6 Å². The molecule has 4 N–H and O–H groups in total. The van der Waals surface area contributed by atoms with E-state index in [2.05, 4.69) is 38.7 Å². The molecule has 42 heavy (non-hydrogen) atoms. The molecular weight excluding hydrogens is 551 g/mol. The van der Waals surface area contributed by atoms with Crippen LogP contribution >= 0.6 is 11.6 Å². The van der Waals surface area contributed by atoms with E-state index in [4.69, 9.17) is 11.6 Å². The van der Waals surface area contributed by atoms with Gasteiger partial charge in [0.05, 0.1) is 63.6 Å². The Kier molecular flexibility index (Phi) is 7.19. The highest BCUT2D eigenvalue weighted by Gasteiger charge is 2.33. The molecular formula is C32H28ClFN8. The summed E-state index contributed by atoms with van der Waals surface area (Å²) in [6.45, 7) is 2.00. The fourth-order valence-electron chi connectivity index (χ4n) is 5.08. The molecule has 0 spiro atoms. The lowest BCUT2D eigenvalue weighted by molar-refractivity contribution is 0.260. The van der Waals surface area contributed by atoms with Crippen molar-refractivity contribution in [1.29, 1.82) is 10.5 Å². The molecule has 1 aliphatic carbocycles. The maximum Gasteiger partial charge on any atom is 0.157 e. The highest BCUT2D eigenvalue weighted by molar-refractivity contribution is 6.36. The fraction of sp³-hybridized carbons (Fsp3) is 0.219. The monoisotopic (exact) mass is 579 g/mol. The van der Waals surface area contributed by atoms with E-state index < -0.39 is 11.8 Å². The number of pyridine rings is 1. The SMILES string of the molecule is [2H][C@](Nc1cc(Cl)c2ncc(C#N)c(N[C@H](CC)c3ccccc3)c2c1F)(C1=CN(C2CC2)NN1)c1cccc(C#N)c1. The number of rotatable bonds is 9. The number of anilines is 2. The average molecular weight is 580 g/mol. The van der Waals surface area contributed by atoms with Gasteiger partial charge in [-0.05, 0) is 48.6 Å². The number of benzene rings is 3. The fourth-order valence-corrected chi connectivity index (χ4v) is 5.34. The lowest BCUT2D eigenvalue weighted by atomic mass is 10.00. The topological polar surface area (TPSA) is 112 Å². The molecule has 2 atom stereocenters. The summed E-state index contributed by atoms with van der Waals surface area (Å²) in [6.07, 6.45) is 5.87. The molecule has 8 nitrogen and oxygen atoms in total. The Morgan fingerprint density at radius 2 is 1.90 bits per heavy atom. The zero-order valence-electron chi connectivity index (χ0n) is 23.7. The number of fused-ring (bicyclic) bond motifs is 1. The molecule has 0 amide bonds. The van der Waals surface area contributed by atoms with Crippen LogP contribution in [0.15, 0.2) is 78.8 Å². The Bertz CT molecular complexity index is 1810. The normalized spacial score (nSPS) is 16.8. The van der Waals surface area contributed by atoms with Crippen molar-refractivity contribution < 1.29 is 5.76 Å². The zero-order valence-corrected chi connectivity index (χ0v) is 23.5. The van der Waals surface area contributed by atoms with Crippen molar-refractivity contribution in [3.63, 3.8) is 0 Å². The maximum absolute atomic E-state index is 16.8. The first-order valence-corrected chi connectivity index (χ1v) is 14.1. The molecule has 1 aromatic heterocycles. The third-order valence-electron chi connectivity index (χ3n) is 7.42. The quantitative estimate of drug-likeness (QED) is 0.171. The Balaban J connectivity index is 1.49. The van der Waals surface area contributed by atoms with E-state index in [1.165, 1.54) is 12.3 Å². The number of hydrogen-bond donors (Lipinski definition) is 4. The number of nitriles is 2.